The summed E-state index contributed by atoms with van der Waals surface area (Å²) in [4.78, 5) is 32.8. The van der Waals surface area contributed by atoms with Gasteiger partial charge in [0.1, 0.15) is 0 Å². The van der Waals surface area contributed by atoms with Gasteiger partial charge in [-0.1, -0.05) is 13.8 Å². The summed E-state index contributed by atoms with van der Waals surface area (Å²) in [7, 11) is 1.83. The minimum atomic E-state index is -0.115. The van der Waals surface area contributed by atoms with Crippen LogP contribution in [0.4, 0.5) is 0 Å². The molecule has 5 heteroatoms. The van der Waals surface area contributed by atoms with Crippen molar-refractivity contribution in [1.82, 2.24) is 14.8 Å². The standard InChI is InChI=1S/C19H29N3O2/c1-4-11-22(12-5-2)19(24)17-14-16(17)18(23)21(3)13-8-15-6-9-20-10-7-15/h6-7,9-10,16-17H,4-5,8,11-14H2,1-3H3. The molecule has 1 aromatic rings. The van der Waals surface area contributed by atoms with E-state index < -0.39 is 0 Å². The maximum Gasteiger partial charge on any atom is 0.226 e. The molecule has 2 unspecified atom stereocenters. The summed E-state index contributed by atoms with van der Waals surface area (Å²) in [5.41, 5.74) is 1.17. The van der Waals surface area contributed by atoms with Gasteiger partial charge in [0.05, 0.1) is 11.8 Å². The molecule has 2 rings (SSSR count). The molecule has 1 fully saturated rings. The molecule has 1 aliphatic carbocycles. The summed E-state index contributed by atoms with van der Waals surface area (Å²) in [5.74, 6) is 0.0602. The molecule has 24 heavy (non-hydrogen) atoms. The fourth-order valence-electron chi connectivity index (χ4n) is 3.09. The molecule has 0 radical (unpaired) electrons. The number of amides is 2. The van der Waals surface area contributed by atoms with E-state index in [0.29, 0.717) is 13.0 Å². The zero-order chi connectivity index (χ0) is 17.5. The first-order chi connectivity index (χ1) is 11.6. The molecule has 1 saturated carbocycles. The Hall–Kier alpha value is -1.91. The predicted octanol–water partition coefficient (Wildman–Crippen LogP) is 2.37. The van der Waals surface area contributed by atoms with Gasteiger partial charge in [-0.3, -0.25) is 14.6 Å². The van der Waals surface area contributed by atoms with Gasteiger partial charge in [-0.15, -0.1) is 0 Å². The fourth-order valence-corrected chi connectivity index (χ4v) is 3.09. The van der Waals surface area contributed by atoms with Crippen LogP contribution < -0.4 is 0 Å². The summed E-state index contributed by atoms with van der Waals surface area (Å²) in [6, 6.07) is 3.93. The molecule has 2 atom stereocenters. The summed E-state index contributed by atoms with van der Waals surface area (Å²) < 4.78 is 0. The van der Waals surface area contributed by atoms with E-state index in [4.69, 9.17) is 0 Å². The van der Waals surface area contributed by atoms with E-state index in [2.05, 4.69) is 18.8 Å². The van der Waals surface area contributed by atoms with Crippen LogP contribution in [0.5, 0.6) is 0 Å². The van der Waals surface area contributed by atoms with Crippen LogP contribution in [0.15, 0.2) is 24.5 Å². The van der Waals surface area contributed by atoms with Crippen molar-refractivity contribution in [3.8, 4) is 0 Å². The SMILES string of the molecule is CCCN(CCC)C(=O)C1CC1C(=O)N(C)CCc1ccncc1. The lowest BCUT2D eigenvalue weighted by Crippen LogP contribution is -2.36. The molecule has 0 N–H and O–H groups in total. The van der Waals surface area contributed by atoms with Gasteiger partial charge in [0, 0.05) is 39.1 Å². The molecule has 1 aliphatic rings. The molecule has 2 amide bonds. The fraction of sp³-hybridized carbons (Fsp3) is 0.632. The van der Waals surface area contributed by atoms with Gasteiger partial charge in [0.2, 0.25) is 11.8 Å². The minimum Gasteiger partial charge on any atom is -0.345 e. The summed E-state index contributed by atoms with van der Waals surface area (Å²) >= 11 is 0. The lowest BCUT2D eigenvalue weighted by atomic mass is 10.2. The lowest BCUT2D eigenvalue weighted by molar-refractivity contribution is -0.137. The second kappa shape index (κ2) is 8.81. The van der Waals surface area contributed by atoms with Crippen LogP contribution in [-0.2, 0) is 16.0 Å². The van der Waals surface area contributed by atoms with Gasteiger partial charge in [-0.25, -0.2) is 0 Å². The Morgan fingerprint density at radius 2 is 1.62 bits per heavy atom. The van der Waals surface area contributed by atoms with Crippen molar-refractivity contribution >= 4 is 11.8 Å². The maximum absolute atomic E-state index is 12.6. The predicted molar refractivity (Wildman–Crippen MR) is 94.3 cm³/mol. The maximum atomic E-state index is 12.6. The number of carbonyl (C=O) groups is 2. The van der Waals surface area contributed by atoms with Crippen LogP contribution in [0.2, 0.25) is 0 Å². The zero-order valence-electron chi connectivity index (χ0n) is 15.1. The summed E-state index contributed by atoms with van der Waals surface area (Å²) in [6.45, 7) is 6.43. The van der Waals surface area contributed by atoms with Gasteiger partial charge in [0.25, 0.3) is 0 Å². The number of pyridine rings is 1. The Balaban J connectivity index is 1.82. The van der Waals surface area contributed by atoms with Crippen LogP contribution in [0.25, 0.3) is 0 Å². The zero-order valence-corrected chi connectivity index (χ0v) is 15.1. The number of rotatable bonds is 9. The van der Waals surface area contributed by atoms with Crippen LogP contribution in [-0.4, -0.2) is 53.3 Å². The van der Waals surface area contributed by atoms with Gasteiger partial charge in [-0.2, -0.15) is 0 Å². The normalized spacial score (nSPS) is 19.0. The van der Waals surface area contributed by atoms with E-state index in [1.807, 2.05) is 24.1 Å². The molecule has 0 saturated heterocycles. The molecule has 1 heterocycles. The van der Waals surface area contributed by atoms with E-state index in [1.54, 1.807) is 17.3 Å². The van der Waals surface area contributed by atoms with Crippen molar-refractivity contribution in [3.63, 3.8) is 0 Å². The van der Waals surface area contributed by atoms with E-state index in [1.165, 1.54) is 5.56 Å². The van der Waals surface area contributed by atoms with Crippen molar-refractivity contribution < 1.29 is 9.59 Å². The lowest BCUT2D eigenvalue weighted by Gasteiger charge is -2.22. The largest absolute Gasteiger partial charge is 0.345 e. The Morgan fingerprint density at radius 3 is 2.21 bits per heavy atom. The van der Waals surface area contributed by atoms with E-state index in [9.17, 15) is 9.59 Å². The van der Waals surface area contributed by atoms with Gasteiger partial charge in [-0.05, 0) is 43.4 Å². The number of nitrogens with zero attached hydrogens (tertiary/aromatic N) is 3. The second-order valence-electron chi connectivity index (χ2n) is 6.64. The minimum absolute atomic E-state index is 0.0982. The van der Waals surface area contributed by atoms with Crippen molar-refractivity contribution in [1.29, 1.82) is 0 Å². The molecule has 0 aromatic carbocycles. The topological polar surface area (TPSA) is 53.5 Å². The highest BCUT2D eigenvalue weighted by molar-refractivity contribution is 5.92. The van der Waals surface area contributed by atoms with Crippen molar-refractivity contribution in [2.45, 2.75) is 39.5 Å². The highest BCUT2D eigenvalue weighted by Crippen LogP contribution is 2.41. The molecule has 0 spiro atoms. The van der Waals surface area contributed by atoms with Crippen LogP contribution >= 0.6 is 0 Å². The van der Waals surface area contributed by atoms with Crippen molar-refractivity contribution in [2.75, 3.05) is 26.7 Å². The Morgan fingerprint density at radius 1 is 1.04 bits per heavy atom. The summed E-state index contributed by atoms with van der Waals surface area (Å²) in [5, 5.41) is 0. The van der Waals surface area contributed by atoms with E-state index >= 15 is 0 Å². The number of aromatic nitrogens is 1. The molecule has 1 aromatic heterocycles. The first-order valence-corrected chi connectivity index (χ1v) is 9.01. The molecule has 132 valence electrons. The van der Waals surface area contributed by atoms with Crippen molar-refractivity contribution in [2.24, 2.45) is 11.8 Å². The molecule has 0 bridgehead atoms. The van der Waals surface area contributed by atoms with Crippen LogP contribution in [0.1, 0.15) is 38.7 Å². The Bertz CT molecular complexity index is 541. The highest BCUT2D eigenvalue weighted by Gasteiger charge is 2.50. The van der Waals surface area contributed by atoms with Gasteiger partial charge < -0.3 is 9.80 Å². The third kappa shape index (κ3) is 4.79. The monoisotopic (exact) mass is 331 g/mol. The number of hydrogen-bond acceptors (Lipinski definition) is 3. The molecular weight excluding hydrogens is 302 g/mol. The van der Waals surface area contributed by atoms with Crippen molar-refractivity contribution in [3.05, 3.63) is 30.1 Å². The number of carbonyl (C=O) groups excluding carboxylic acids is 2. The van der Waals surface area contributed by atoms with Crippen LogP contribution in [0, 0.1) is 11.8 Å². The smallest absolute Gasteiger partial charge is 0.226 e. The van der Waals surface area contributed by atoms with E-state index in [0.717, 1.165) is 32.4 Å². The number of likely N-dealkylation sites (N-methyl/N-ethyl adjacent to an activating group) is 1. The first kappa shape index (κ1) is 18.4. The third-order valence-electron chi connectivity index (χ3n) is 4.59. The second-order valence-corrected chi connectivity index (χ2v) is 6.64. The summed E-state index contributed by atoms with van der Waals surface area (Å²) in [6.07, 6.45) is 6.98. The molecule has 0 aliphatic heterocycles. The first-order valence-electron chi connectivity index (χ1n) is 9.01. The highest BCUT2D eigenvalue weighted by atomic mass is 16.2. The average molecular weight is 331 g/mol. The van der Waals surface area contributed by atoms with Gasteiger partial charge in [0.15, 0.2) is 0 Å². The quantitative estimate of drug-likeness (QED) is 0.698. The molecular formula is C19H29N3O2. The Kier molecular flexibility index (Phi) is 6.76. The Labute approximate surface area is 145 Å². The third-order valence-corrected chi connectivity index (χ3v) is 4.59. The average Bonchev–Trinajstić information content (AvgIpc) is 3.39. The number of hydrogen-bond donors (Lipinski definition) is 0. The van der Waals surface area contributed by atoms with Gasteiger partial charge >= 0.3 is 0 Å². The van der Waals surface area contributed by atoms with E-state index in [-0.39, 0.29) is 23.7 Å². The molecule has 5 nitrogen and oxygen atoms in total. The van der Waals surface area contributed by atoms with Crippen LogP contribution in [0.3, 0.4) is 0 Å².